The summed E-state index contributed by atoms with van der Waals surface area (Å²) in [5.74, 6) is 0. The number of halogens is 1. The number of unbranched alkanes of at least 4 members (excludes halogenated alkanes) is 2. The van der Waals surface area contributed by atoms with E-state index in [9.17, 15) is 0 Å². The molecule has 0 spiro atoms. The molecule has 124 valence electrons. The Morgan fingerprint density at radius 1 is 1.14 bits per heavy atom. The minimum absolute atomic E-state index is 0. The quantitative estimate of drug-likeness (QED) is 0.484. The Morgan fingerprint density at radius 3 is 2.48 bits per heavy atom. The molecule has 0 aromatic heterocycles. The number of aliphatic imine (C=N–C) groups is 1. The topological polar surface area (TPSA) is 22.1 Å². The third kappa shape index (κ3) is 6.69. The van der Waals surface area contributed by atoms with Crippen molar-refractivity contribution in [3.63, 3.8) is 0 Å². The first-order chi connectivity index (χ1) is 9.66. The summed E-state index contributed by atoms with van der Waals surface area (Å²) in [5, 5.41) is 1.14. The van der Waals surface area contributed by atoms with Crippen LogP contribution in [0.25, 0.3) is 0 Å². The summed E-state index contributed by atoms with van der Waals surface area (Å²) in [6.07, 6.45) is 6.80. The molecule has 1 unspecified atom stereocenters. The molecule has 0 aromatic rings. The second-order valence-corrected chi connectivity index (χ2v) is 8.13. The molecule has 0 aromatic carbocycles. The molecule has 2 aliphatic rings. The molecule has 1 saturated heterocycles. The molecule has 7 heteroatoms. The lowest BCUT2D eigenvalue weighted by molar-refractivity contribution is 0.297. The predicted molar refractivity (Wildman–Crippen MR) is 103 cm³/mol. The Hall–Kier alpha value is 0.570. The van der Waals surface area contributed by atoms with Gasteiger partial charge in [0.15, 0.2) is 10.7 Å². The zero-order valence-corrected chi connectivity index (χ0v) is 16.8. The second-order valence-electron chi connectivity index (χ2n) is 5.90. The lowest BCUT2D eigenvalue weighted by atomic mass is 10.2. The highest BCUT2D eigenvalue weighted by atomic mass is 79.9. The minimum Gasteiger partial charge on any atom is -0.357 e. The maximum atomic E-state index is 4.74. The fourth-order valence-electron chi connectivity index (χ4n) is 2.58. The molecule has 0 radical (unpaired) electrons. The Bertz CT molecular complexity index is 322. The van der Waals surface area contributed by atoms with Crippen LogP contribution in [-0.4, -0.2) is 72.7 Å². The van der Waals surface area contributed by atoms with Gasteiger partial charge >= 0.3 is 0 Å². The molecule has 4 nitrogen and oxygen atoms in total. The van der Waals surface area contributed by atoms with Gasteiger partial charge < -0.3 is 9.80 Å². The highest BCUT2D eigenvalue weighted by molar-refractivity contribution is 8.93. The highest BCUT2D eigenvalue weighted by Gasteiger charge is 2.23. The van der Waals surface area contributed by atoms with Gasteiger partial charge in [0.2, 0.25) is 0 Å². The van der Waals surface area contributed by atoms with E-state index in [1.54, 1.807) is 10.8 Å². The lowest BCUT2D eigenvalue weighted by Gasteiger charge is -2.20. The standard InChI is InChI=1S/C14H28N4S2.BrH/c1-16(2)13-15-14(20-19-13)17(3)9-5-4-6-10-18-11-7-8-12-18;/h14H,4-12H2,1-3H3;1H. The van der Waals surface area contributed by atoms with Gasteiger partial charge in [0.25, 0.3) is 0 Å². The van der Waals surface area contributed by atoms with Gasteiger partial charge in [-0.15, -0.1) is 17.0 Å². The van der Waals surface area contributed by atoms with E-state index in [1.807, 2.05) is 10.8 Å². The highest BCUT2D eigenvalue weighted by Crippen LogP contribution is 2.38. The van der Waals surface area contributed by atoms with Crippen LogP contribution in [0.1, 0.15) is 32.1 Å². The zero-order valence-electron chi connectivity index (χ0n) is 13.5. The van der Waals surface area contributed by atoms with Crippen molar-refractivity contribution in [3.05, 3.63) is 0 Å². The number of hydrogen-bond donors (Lipinski definition) is 0. The zero-order chi connectivity index (χ0) is 14.4. The fraction of sp³-hybridized carbons (Fsp3) is 0.929. The molecule has 0 saturated carbocycles. The van der Waals surface area contributed by atoms with Crippen LogP contribution in [0.4, 0.5) is 0 Å². The summed E-state index contributed by atoms with van der Waals surface area (Å²) >= 11 is 0. The van der Waals surface area contributed by atoms with Gasteiger partial charge in [0.05, 0.1) is 0 Å². The van der Waals surface area contributed by atoms with Gasteiger partial charge in [0, 0.05) is 20.6 Å². The third-order valence-electron chi connectivity index (χ3n) is 3.87. The van der Waals surface area contributed by atoms with E-state index in [0.29, 0.717) is 5.50 Å². The average Bonchev–Trinajstić information content (AvgIpc) is 3.09. The monoisotopic (exact) mass is 396 g/mol. The molecule has 1 atom stereocenters. The SMILES string of the molecule is Br.CN(C)C1=NC(N(C)CCCCCN2CCCC2)SS1. The molecule has 2 aliphatic heterocycles. The van der Waals surface area contributed by atoms with E-state index in [2.05, 4.69) is 35.8 Å². The molecule has 21 heavy (non-hydrogen) atoms. The Kier molecular flexibility index (Phi) is 9.68. The van der Waals surface area contributed by atoms with Gasteiger partial charge in [-0.25, -0.2) is 4.99 Å². The van der Waals surface area contributed by atoms with E-state index >= 15 is 0 Å². The van der Waals surface area contributed by atoms with Crippen molar-refractivity contribution in [2.24, 2.45) is 4.99 Å². The molecule has 0 bridgehead atoms. The third-order valence-corrected chi connectivity index (χ3v) is 6.48. The van der Waals surface area contributed by atoms with Crippen molar-refractivity contribution in [1.29, 1.82) is 0 Å². The van der Waals surface area contributed by atoms with Crippen molar-refractivity contribution in [1.82, 2.24) is 14.7 Å². The van der Waals surface area contributed by atoms with Crippen molar-refractivity contribution < 1.29 is 0 Å². The smallest absolute Gasteiger partial charge is 0.172 e. The maximum absolute atomic E-state index is 4.74. The van der Waals surface area contributed by atoms with Crippen LogP contribution in [0.15, 0.2) is 4.99 Å². The Labute approximate surface area is 148 Å². The summed E-state index contributed by atoms with van der Waals surface area (Å²) in [7, 11) is 9.97. The van der Waals surface area contributed by atoms with Crippen LogP contribution in [0.3, 0.4) is 0 Å². The van der Waals surface area contributed by atoms with Gasteiger partial charge in [-0.1, -0.05) is 6.42 Å². The molecular weight excluding hydrogens is 368 g/mol. The summed E-state index contributed by atoms with van der Waals surface area (Å²) in [4.78, 5) is 11.8. The molecule has 1 fully saturated rings. The first kappa shape index (κ1) is 19.6. The van der Waals surface area contributed by atoms with Crippen LogP contribution >= 0.6 is 38.6 Å². The number of likely N-dealkylation sites (tertiary alicyclic amines) is 1. The summed E-state index contributed by atoms with van der Waals surface area (Å²) in [6, 6.07) is 0. The van der Waals surface area contributed by atoms with Gasteiger partial charge in [-0.3, -0.25) is 4.90 Å². The van der Waals surface area contributed by atoms with E-state index in [-0.39, 0.29) is 17.0 Å². The molecule has 0 aliphatic carbocycles. The summed E-state index contributed by atoms with van der Waals surface area (Å²) < 4.78 is 0. The van der Waals surface area contributed by atoms with E-state index in [0.717, 1.165) is 11.7 Å². The minimum atomic E-state index is 0. The molecule has 0 N–H and O–H groups in total. The Morgan fingerprint density at radius 2 is 1.86 bits per heavy atom. The number of rotatable bonds is 7. The van der Waals surface area contributed by atoms with Crippen molar-refractivity contribution >= 4 is 43.7 Å². The Balaban J connectivity index is 0.00000220. The normalized spacial score (nSPS) is 22.5. The number of hydrogen-bond acceptors (Lipinski definition) is 6. The average molecular weight is 397 g/mol. The molecule has 2 heterocycles. The summed E-state index contributed by atoms with van der Waals surface area (Å²) in [5.41, 5.74) is 0.302. The second kappa shape index (κ2) is 10.4. The van der Waals surface area contributed by atoms with Gasteiger partial charge in [-0.05, 0) is 74.0 Å². The van der Waals surface area contributed by atoms with Crippen molar-refractivity contribution in [2.75, 3.05) is 47.3 Å². The summed E-state index contributed by atoms with van der Waals surface area (Å²) in [6.45, 7) is 5.12. The molecule has 2 rings (SSSR count). The molecular formula is C14H29BrN4S2. The number of nitrogens with zero attached hydrogens (tertiary/aromatic N) is 4. The fourth-order valence-corrected chi connectivity index (χ4v) is 5.16. The van der Waals surface area contributed by atoms with Gasteiger partial charge in [-0.2, -0.15) is 0 Å². The van der Waals surface area contributed by atoms with Crippen molar-refractivity contribution in [3.8, 4) is 0 Å². The van der Waals surface area contributed by atoms with Crippen LogP contribution in [-0.2, 0) is 0 Å². The predicted octanol–water partition coefficient (Wildman–Crippen LogP) is 3.36. The van der Waals surface area contributed by atoms with Crippen LogP contribution in [0, 0.1) is 0 Å². The van der Waals surface area contributed by atoms with Crippen LogP contribution in [0.5, 0.6) is 0 Å². The van der Waals surface area contributed by atoms with Crippen molar-refractivity contribution in [2.45, 2.75) is 37.6 Å². The van der Waals surface area contributed by atoms with E-state index in [1.165, 1.54) is 51.7 Å². The largest absolute Gasteiger partial charge is 0.357 e. The first-order valence-electron chi connectivity index (χ1n) is 7.68. The van der Waals surface area contributed by atoms with E-state index < -0.39 is 0 Å². The first-order valence-corrected chi connectivity index (χ1v) is 9.89. The molecule has 0 amide bonds. The van der Waals surface area contributed by atoms with Crippen LogP contribution in [0.2, 0.25) is 0 Å². The van der Waals surface area contributed by atoms with Crippen LogP contribution < -0.4 is 0 Å². The van der Waals surface area contributed by atoms with Gasteiger partial charge in [0.1, 0.15) is 0 Å². The maximum Gasteiger partial charge on any atom is 0.172 e. The van der Waals surface area contributed by atoms with E-state index in [4.69, 9.17) is 4.99 Å². The number of amidine groups is 1. The lowest BCUT2D eigenvalue weighted by Crippen LogP contribution is -2.28.